The summed E-state index contributed by atoms with van der Waals surface area (Å²) in [6.07, 6.45) is 4.63. The molecule has 3 nitrogen and oxygen atoms in total. The third-order valence-corrected chi connectivity index (χ3v) is 3.85. The highest BCUT2D eigenvalue weighted by atomic mass is 16.5. The van der Waals surface area contributed by atoms with Crippen LogP contribution in [0.1, 0.15) is 39.7 Å². The van der Waals surface area contributed by atoms with Crippen LogP contribution in [-0.2, 0) is 5.41 Å². The molecule has 1 N–H and O–H groups in total. The van der Waals surface area contributed by atoms with Gasteiger partial charge in [0.2, 0.25) is 0 Å². The highest BCUT2D eigenvalue weighted by molar-refractivity contribution is 5.46. The Morgan fingerprint density at radius 2 is 1.76 bits per heavy atom. The van der Waals surface area contributed by atoms with Crippen molar-refractivity contribution >= 4 is 5.69 Å². The lowest BCUT2D eigenvalue weighted by Crippen LogP contribution is -2.14. The zero-order chi connectivity index (χ0) is 15.3. The maximum atomic E-state index is 5.86. The first kappa shape index (κ1) is 15.4. The van der Waals surface area contributed by atoms with E-state index in [1.54, 1.807) is 12.4 Å². The normalized spacial score (nSPS) is 11.2. The molecule has 0 fully saturated rings. The predicted molar refractivity (Wildman–Crippen MR) is 88.2 cm³/mol. The molecule has 1 heterocycles. The number of hydrogen-bond acceptors (Lipinski definition) is 3. The molecule has 0 radical (unpaired) electrons. The fourth-order valence-electron chi connectivity index (χ4n) is 2.09. The number of nitrogens with zero attached hydrogens (tertiary/aromatic N) is 1. The molecule has 0 saturated carbocycles. The van der Waals surface area contributed by atoms with E-state index in [-0.39, 0.29) is 5.41 Å². The molecule has 0 spiro atoms. The van der Waals surface area contributed by atoms with Crippen LogP contribution in [0.15, 0.2) is 42.7 Å². The Bertz CT molecular complexity index is 576. The number of nitrogens with one attached hydrogen (secondary N) is 1. The summed E-state index contributed by atoms with van der Waals surface area (Å²) >= 11 is 0. The number of rotatable bonds is 6. The Hall–Kier alpha value is -2.03. The molecule has 21 heavy (non-hydrogen) atoms. The van der Waals surface area contributed by atoms with E-state index in [2.05, 4.69) is 50.1 Å². The number of anilines is 1. The molecule has 0 amide bonds. The summed E-state index contributed by atoms with van der Waals surface area (Å²) in [4.78, 5) is 4.18. The van der Waals surface area contributed by atoms with E-state index in [1.165, 1.54) is 5.56 Å². The fraction of sp³-hybridized carbons (Fsp3) is 0.389. The van der Waals surface area contributed by atoms with Crippen LogP contribution >= 0.6 is 0 Å². The highest BCUT2D eigenvalue weighted by Crippen LogP contribution is 2.29. The third-order valence-electron chi connectivity index (χ3n) is 3.85. The molecule has 112 valence electrons. The monoisotopic (exact) mass is 284 g/mol. The van der Waals surface area contributed by atoms with E-state index in [1.807, 2.05) is 18.2 Å². The first-order valence-corrected chi connectivity index (χ1v) is 7.52. The average molecular weight is 284 g/mol. The quantitative estimate of drug-likeness (QED) is 0.811. The van der Waals surface area contributed by atoms with E-state index >= 15 is 0 Å². The van der Waals surface area contributed by atoms with Gasteiger partial charge in [0.25, 0.3) is 0 Å². The van der Waals surface area contributed by atoms with Crippen LogP contribution < -0.4 is 10.1 Å². The highest BCUT2D eigenvalue weighted by Gasteiger charge is 2.17. The van der Waals surface area contributed by atoms with Gasteiger partial charge in [0.05, 0.1) is 18.1 Å². The minimum atomic E-state index is 0.199. The van der Waals surface area contributed by atoms with Crippen LogP contribution in [0.2, 0.25) is 0 Å². The van der Waals surface area contributed by atoms with Crippen LogP contribution in [0.25, 0.3) is 0 Å². The van der Waals surface area contributed by atoms with Crippen molar-refractivity contribution in [3.8, 4) is 11.5 Å². The second kappa shape index (κ2) is 6.61. The molecule has 1 aromatic carbocycles. The van der Waals surface area contributed by atoms with E-state index in [0.717, 1.165) is 30.2 Å². The van der Waals surface area contributed by atoms with Crippen molar-refractivity contribution in [2.45, 2.75) is 39.5 Å². The van der Waals surface area contributed by atoms with Gasteiger partial charge >= 0.3 is 0 Å². The summed E-state index contributed by atoms with van der Waals surface area (Å²) in [6.45, 7) is 9.65. The minimum Gasteiger partial charge on any atom is -0.456 e. The van der Waals surface area contributed by atoms with E-state index in [4.69, 9.17) is 4.74 Å². The summed E-state index contributed by atoms with van der Waals surface area (Å²) in [5.41, 5.74) is 2.50. The second-order valence-electron chi connectivity index (χ2n) is 5.80. The van der Waals surface area contributed by atoms with Crippen molar-refractivity contribution in [3.05, 3.63) is 48.3 Å². The summed E-state index contributed by atoms with van der Waals surface area (Å²) in [7, 11) is 0. The van der Waals surface area contributed by atoms with Crippen molar-refractivity contribution in [2.24, 2.45) is 0 Å². The standard InChI is InChI=1S/C18H24N2O/c1-5-18(3,4)14-7-9-16(10-8-14)21-17-11-15(20-6-2)12-19-13-17/h7-13,20H,5-6H2,1-4H3. The van der Waals surface area contributed by atoms with Gasteiger partial charge in [-0.15, -0.1) is 0 Å². The third kappa shape index (κ3) is 3.97. The lowest BCUT2D eigenvalue weighted by molar-refractivity contribution is 0.476. The largest absolute Gasteiger partial charge is 0.456 e. The molecular weight excluding hydrogens is 260 g/mol. The number of aromatic nitrogens is 1. The summed E-state index contributed by atoms with van der Waals surface area (Å²) in [5, 5.41) is 3.23. The number of ether oxygens (including phenoxy) is 1. The zero-order valence-corrected chi connectivity index (χ0v) is 13.3. The van der Waals surface area contributed by atoms with E-state index < -0.39 is 0 Å². The first-order chi connectivity index (χ1) is 10.0. The van der Waals surface area contributed by atoms with Gasteiger partial charge in [-0.3, -0.25) is 4.98 Å². The zero-order valence-electron chi connectivity index (χ0n) is 13.3. The van der Waals surface area contributed by atoms with Crippen LogP contribution in [0.5, 0.6) is 11.5 Å². The van der Waals surface area contributed by atoms with Crippen molar-refractivity contribution in [1.29, 1.82) is 0 Å². The Morgan fingerprint density at radius 3 is 2.38 bits per heavy atom. The Labute approximate surface area is 127 Å². The van der Waals surface area contributed by atoms with Gasteiger partial charge < -0.3 is 10.1 Å². The van der Waals surface area contributed by atoms with Crippen LogP contribution in [-0.4, -0.2) is 11.5 Å². The van der Waals surface area contributed by atoms with Crippen LogP contribution in [0, 0.1) is 0 Å². The van der Waals surface area contributed by atoms with Crippen LogP contribution in [0.4, 0.5) is 5.69 Å². The predicted octanol–water partition coefficient (Wildman–Crippen LogP) is 4.99. The van der Waals surface area contributed by atoms with Gasteiger partial charge in [0.1, 0.15) is 11.5 Å². The fourth-order valence-corrected chi connectivity index (χ4v) is 2.09. The molecule has 0 bridgehead atoms. The van der Waals surface area contributed by atoms with Gasteiger partial charge in [0, 0.05) is 12.6 Å². The van der Waals surface area contributed by atoms with Gasteiger partial charge in [0.15, 0.2) is 0 Å². The van der Waals surface area contributed by atoms with E-state index in [9.17, 15) is 0 Å². The topological polar surface area (TPSA) is 34.2 Å². The van der Waals surface area contributed by atoms with Gasteiger partial charge in [-0.05, 0) is 36.5 Å². The molecule has 0 aliphatic rings. The molecule has 2 aromatic rings. The summed E-state index contributed by atoms with van der Waals surface area (Å²) in [6, 6.07) is 10.3. The minimum absolute atomic E-state index is 0.199. The van der Waals surface area contributed by atoms with Gasteiger partial charge in [-0.25, -0.2) is 0 Å². The summed E-state index contributed by atoms with van der Waals surface area (Å²) < 4.78 is 5.86. The molecule has 3 heteroatoms. The van der Waals surface area contributed by atoms with E-state index in [0.29, 0.717) is 0 Å². The molecular formula is C18H24N2O. The maximum Gasteiger partial charge on any atom is 0.147 e. The van der Waals surface area contributed by atoms with Gasteiger partial charge in [-0.1, -0.05) is 32.9 Å². The average Bonchev–Trinajstić information content (AvgIpc) is 2.48. The van der Waals surface area contributed by atoms with Crippen molar-refractivity contribution in [2.75, 3.05) is 11.9 Å². The number of pyridine rings is 1. The van der Waals surface area contributed by atoms with Gasteiger partial charge in [-0.2, -0.15) is 0 Å². The lowest BCUT2D eigenvalue weighted by atomic mass is 9.82. The molecule has 0 atom stereocenters. The van der Waals surface area contributed by atoms with Crippen LogP contribution in [0.3, 0.4) is 0 Å². The maximum absolute atomic E-state index is 5.86. The lowest BCUT2D eigenvalue weighted by Gasteiger charge is -2.23. The van der Waals surface area contributed by atoms with Crippen molar-refractivity contribution in [3.63, 3.8) is 0 Å². The van der Waals surface area contributed by atoms with Crippen molar-refractivity contribution < 1.29 is 4.74 Å². The first-order valence-electron chi connectivity index (χ1n) is 7.52. The van der Waals surface area contributed by atoms with Crippen molar-refractivity contribution in [1.82, 2.24) is 4.98 Å². The Morgan fingerprint density at radius 1 is 1.05 bits per heavy atom. The molecule has 0 unspecified atom stereocenters. The molecule has 0 aliphatic heterocycles. The molecule has 0 saturated heterocycles. The second-order valence-corrected chi connectivity index (χ2v) is 5.80. The number of benzene rings is 1. The molecule has 0 aliphatic carbocycles. The smallest absolute Gasteiger partial charge is 0.147 e. The number of hydrogen-bond donors (Lipinski definition) is 1. The summed E-state index contributed by atoms with van der Waals surface area (Å²) in [5.74, 6) is 1.58. The molecule has 1 aromatic heterocycles. The Kier molecular flexibility index (Phi) is 4.84. The Balaban J connectivity index is 2.11. The molecule has 2 rings (SSSR count). The SMILES string of the molecule is CCNc1cncc(Oc2ccc(C(C)(C)CC)cc2)c1.